The monoisotopic (exact) mass is 301 g/mol. The Kier molecular flexibility index (Phi) is 5.53. The summed E-state index contributed by atoms with van der Waals surface area (Å²) in [5, 5.41) is 8.52. The van der Waals surface area contributed by atoms with E-state index in [1.807, 2.05) is 19.1 Å². The number of hydrogen-bond donors (Lipinski definition) is 3. The van der Waals surface area contributed by atoms with Crippen LogP contribution in [-0.4, -0.2) is 36.2 Å². The molecule has 1 aromatic carbocycles. The van der Waals surface area contributed by atoms with Crippen molar-refractivity contribution >= 4 is 17.7 Å². The third-order valence-electron chi connectivity index (χ3n) is 2.91. The van der Waals surface area contributed by atoms with Crippen molar-refractivity contribution in [3.8, 4) is 5.75 Å². The zero-order chi connectivity index (χ0) is 15.8. The summed E-state index contributed by atoms with van der Waals surface area (Å²) >= 11 is 0. The third-order valence-corrected chi connectivity index (χ3v) is 2.91. The van der Waals surface area contributed by atoms with E-state index in [-0.39, 0.29) is 6.03 Å². The van der Waals surface area contributed by atoms with Crippen molar-refractivity contribution in [3.63, 3.8) is 0 Å². The molecule has 0 saturated carbocycles. The number of aryl methyl sites for hydroxylation is 1. The minimum absolute atomic E-state index is 0.264. The van der Waals surface area contributed by atoms with E-state index in [0.29, 0.717) is 19.0 Å². The number of ether oxygens (including phenoxy) is 1. The zero-order valence-electron chi connectivity index (χ0n) is 12.6. The van der Waals surface area contributed by atoms with Crippen LogP contribution < -0.4 is 20.7 Å². The minimum Gasteiger partial charge on any atom is -0.496 e. The lowest BCUT2D eigenvalue weighted by molar-refractivity contribution is 0.252. The Morgan fingerprint density at radius 3 is 2.68 bits per heavy atom. The van der Waals surface area contributed by atoms with E-state index in [0.717, 1.165) is 17.0 Å². The normalized spacial score (nSPS) is 9.91. The Bertz CT molecular complexity index is 619. The standard InChI is InChI=1S/C15H19N5O2/c1-11-10-12(4-5-13(11)22-2)20-15(21)19-9-8-18-14-16-6-3-7-17-14/h3-7,10H,8-9H2,1-2H3,(H,16,17,18)(H2,19,20,21). The predicted molar refractivity (Wildman–Crippen MR) is 85.3 cm³/mol. The Hall–Kier alpha value is -2.83. The first-order chi connectivity index (χ1) is 10.7. The number of anilines is 2. The lowest BCUT2D eigenvalue weighted by atomic mass is 10.2. The van der Waals surface area contributed by atoms with Gasteiger partial charge < -0.3 is 20.7 Å². The van der Waals surface area contributed by atoms with Crippen molar-refractivity contribution in [1.29, 1.82) is 0 Å². The van der Waals surface area contributed by atoms with Crippen molar-refractivity contribution in [2.45, 2.75) is 6.92 Å². The first kappa shape index (κ1) is 15.6. The lowest BCUT2D eigenvalue weighted by Crippen LogP contribution is -2.32. The van der Waals surface area contributed by atoms with Crippen LogP contribution in [0.4, 0.5) is 16.4 Å². The van der Waals surface area contributed by atoms with Crippen LogP contribution in [0.1, 0.15) is 5.56 Å². The highest BCUT2D eigenvalue weighted by molar-refractivity contribution is 5.89. The molecule has 0 bridgehead atoms. The van der Waals surface area contributed by atoms with E-state index >= 15 is 0 Å². The van der Waals surface area contributed by atoms with E-state index in [2.05, 4.69) is 25.9 Å². The molecule has 2 rings (SSSR count). The number of carbonyl (C=O) groups is 1. The highest BCUT2D eigenvalue weighted by atomic mass is 16.5. The molecule has 0 fully saturated rings. The van der Waals surface area contributed by atoms with Gasteiger partial charge in [-0.2, -0.15) is 0 Å². The van der Waals surface area contributed by atoms with E-state index in [1.54, 1.807) is 31.6 Å². The van der Waals surface area contributed by atoms with Crippen LogP contribution in [0, 0.1) is 6.92 Å². The van der Waals surface area contributed by atoms with Gasteiger partial charge >= 0.3 is 6.03 Å². The molecule has 0 aliphatic carbocycles. The molecule has 0 spiro atoms. The number of rotatable bonds is 6. The van der Waals surface area contributed by atoms with E-state index < -0.39 is 0 Å². The van der Waals surface area contributed by atoms with Crippen LogP contribution in [0.5, 0.6) is 5.75 Å². The fraction of sp³-hybridized carbons (Fsp3) is 0.267. The Morgan fingerprint density at radius 1 is 1.23 bits per heavy atom. The number of amides is 2. The SMILES string of the molecule is COc1ccc(NC(=O)NCCNc2ncccn2)cc1C. The summed E-state index contributed by atoms with van der Waals surface area (Å²) in [6.45, 7) is 2.92. The van der Waals surface area contributed by atoms with Gasteiger partial charge in [-0.1, -0.05) is 0 Å². The second-order valence-corrected chi connectivity index (χ2v) is 4.56. The summed E-state index contributed by atoms with van der Waals surface area (Å²) in [6.07, 6.45) is 3.31. The molecule has 0 saturated heterocycles. The quantitative estimate of drug-likeness (QED) is 0.711. The average Bonchev–Trinajstić information content (AvgIpc) is 2.53. The second-order valence-electron chi connectivity index (χ2n) is 4.56. The van der Waals surface area contributed by atoms with Crippen molar-refractivity contribution in [3.05, 3.63) is 42.2 Å². The summed E-state index contributed by atoms with van der Waals surface area (Å²) in [7, 11) is 1.62. The molecule has 2 aromatic rings. The van der Waals surface area contributed by atoms with Crippen molar-refractivity contribution in [2.24, 2.45) is 0 Å². The molecular weight excluding hydrogens is 282 g/mol. The van der Waals surface area contributed by atoms with E-state index in [1.165, 1.54) is 0 Å². The molecule has 0 radical (unpaired) electrons. The maximum atomic E-state index is 11.8. The molecule has 0 aliphatic heterocycles. The van der Waals surface area contributed by atoms with Gasteiger partial charge in [0, 0.05) is 31.2 Å². The Balaban J connectivity index is 1.73. The van der Waals surface area contributed by atoms with Crippen molar-refractivity contribution in [2.75, 3.05) is 30.8 Å². The van der Waals surface area contributed by atoms with Gasteiger partial charge in [-0.05, 0) is 36.8 Å². The summed E-state index contributed by atoms with van der Waals surface area (Å²) in [5.74, 6) is 1.33. The number of benzene rings is 1. The van der Waals surface area contributed by atoms with E-state index in [9.17, 15) is 4.79 Å². The first-order valence-electron chi connectivity index (χ1n) is 6.89. The average molecular weight is 301 g/mol. The van der Waals surface area contributed by atoms with Crippen LogP contribution in [-0.2, 0) is 0 Å². The van der Waals surface area contributed by atoms with Gasteiger partial charge in [-0.3, -0.25) is 0 Å². The van der Waals surface area contributed by atoms with Gasteiger partial charge in [-0.15, -0.1) is 0 Å². The Morgan fingerprint density at radius 2 is 2.00 bits per heavy atom. The number of methoxy groups -OCH3 is 1. The van der Waals surface area contributed by atoms with Crippen LogP contribution >= 0.6 is 0 Å². The maximum absolute atomic E-state index is 11.8. The largest absolute Gasteiger partial charge is 0.496 e. The number of carbonyl (C=O) groups excluding carboxylic acids is 1. The van der Waals surface area contributed by atoms with Crippen LogP contribution in [0.2, 0.25) is 0 Å². The highest BCUT2D eigenvalue weighted by Crippen LogP contribution is 2.21. The molecule has 7 heteroatoms. The molecule has 0 unspecified atom stereocenters. The highest BCUT2D eigenvalue weighted by Gasteiger charge is 2.04. The van der Waals surface area contributed by atoms with E-state index in [4.69, 9.17) is 4.74 Å². The minimum atomic E-state index is -0.264. The lowest BCUT2D eigenvalue weighted by Gasteiger charge is -2.10. The predicted octanol–water partition coefficient (Wildman–Crippen LogP) is 2.03. The smallest absolute Gasteiger partial charge is 0.319 e. The number of aromatic nitrogens is 2. The maximum Gasteiger partial charge on any atom is 0.319 e. The molecule has 3 N–H and O–H groups in total. The second kappa shape index (κ2) is 7.82. The van der Waals surface area contributed by atoms with Crippen LogP contribution in [0.3, 0.4) is 0 Å². The Labute approximate surface area is 129 Å². The zero-order valence-corrected chi connectivity index (χ0v) is 12.6. The molecule has 7 nitrogen and oxygen atoms in total. The first-order valence-corrected chi connectivity index (χ1v) is 6.89. The van der Waals surface area contributed by atoms with Gasteiger partial charge in [0.05, 0.1) is 7.11 Å². The van der Waals surface area contributed by atoms with Gasteiger partial charge in [0.2, 0.25) is 5.95 Å². The number of nitrogens with zero attached hydrogens (tertiary/aromatic N) is 2. The fourth-order valence-electron chi connectivity index (χ4n) is 1.87. The molecule has 0 aliphatic rings. The molecule has 22 heavy (non-hydrogen) atoms. The molecule has 116 valence electrons. The van der Waals surface area contributed by atoms with Crippen LogP contribution in [0.15, 0.2) is 36.7 Å². The summed E-state index contributed by atoms with van der Waals surface area (Å²) < 4.78 is 5.18. The molecule has 1 heterocycles. The summed E-state index contributed by atoms with van der Waals surface area (Å²) in [5.41, 5.74) is 1.68. The number of urea groups is 1. The number of nitrogens with one attached hydrogen (secondary N) is 3. The fourth-order valence-corrected chi connectivity index (χ4v) is 1.87. The summed E-state index contributed by atoms with van der Waals surface area (Å²) in [6, 6.07) is 6.95. The molecule has 0 atom stereocenters. The third kappa shape index (κ3) is 4.62. The van der Waals surface area contributed by atoms with Crippen LogP contribution in [0.25, 0.3) is 0 Å². The van der Waals surface area contributed by atoms with Gasteiger partial charge in [-0.25, -0.2) is 14.8 Å². The van der Waals surface area contributed by atoms with Gasteiger partial charge in [0.15, 0.2) is 0 Å². The van der Waals surface area contributed by atoms with Gasteiger partial charge in [0.25, 0.3) is 0 Å². The molecule has 1 aromatic heterocycles. The summed E-state index contributed by atoms with van der Waals surface area (Å²) in [4.78, 5) is 19.8. The van der Waals surface area contributed by atoms with Gasteiger partial charge in [0.1, 0.15) is 5.75 Å². The topological polar surface area (TPSA) is 88.2 Å². The van der Waals surface area contributed by atoms with Crippen molar-refractivity contribution in [1.82, 2.24) is 15.3 Å². The molecular formula is C15H19N5O2. The molecule has 2 amide bonds. The van der Waals surface area contributed by atoms with Crippen molar-refractivity contribution < 1.29 is 9.53 Å². The number of hydrogen-bond acceptors (Lipinski definition) is 5.